The first kappa shape index (κ1) is 17.5. The number of amides is 1. The smallest absolute Gasteiger partial charge is 0.228 e. The molecule has 0 bridgehead atoms. The van der Waals surface area contributed by atoms with Crippen molar-refractivity contribution >= 4 is 5.91 Å². The highest BCUT2D eigenvalue weighted by atomic mass is 16.5. The molecule has 1 aliphatic rings. The Kier molecular flexibility index (Phi) is 5.71. The molecule has 1 atom stereocenters. The number of carbonyl (C=O) groups is 1. The lowest BCUT2D eigenvalue weighted by Gasteiger charge is -2.40. The van der Waals surface area contributed by atoms with Gasteiger partial charge in [0.05, 0.1) is 13.0 Å². The van der Waals surface area contributed by atoms with E-state index in [0.717, 1.165) is 37.6 Å². The van der Waals surface area contributed by atoms with E-state index < -0.39 is 0 Å². The van der Waals surface area contributed by atoms with E-state index in [1.165, 1.54) is 5.56 Å². The second kappa shape index (κ2) is 8.16. The van der Waals surface area contributed by atoms with Gasteiger partial charge in [0.2, 0.25) is 5.91 Å². The minimum Gasteiger partial charge on any atom is -0.494 e. The van der Waals surface area contributed by atoms with Crippen molar-refractivity contribution in [1.82, 2.24) is 20.0 Å². The largest absolute Gasteiger partial charge is 0.494 e. The van der Waals surface area contributed by atoms with Crippen molar-refractivity contribution in [3.8, 4) is 5.75 Å². The number of hydrogen-bond donors (Lipinski definition) is 1. The maximum absolute atomic E-state index is 12.5. The van der Waals surface area contributed by atoms with E-state index in [4.69, 9.17) is 4.74 Å². The third-order valence-corrected chi connectivity index (χ3v) is 4.60. The minimum absolute atomic E-state index is 0.158. The summed E-state index contributed by atoms with van der Waals surface area (Å²) in [6, 6.07) is 10.2. The Morgan fingerprint density at radius 2 is 2.16 bits per heavy atom. The fourth-order valence-electron chi connectivity index (χ4n) is 3.37. The summed E-state index contributed by atoms with van der Waals surface area (Å²) in [6.45, 7) is 8.14. The normalized spacial score (nSPS) is 18.3. The SMILES string of the molecule is CCOc1ccccc1CN1CCN(C(=O)Cc2ccn[nH]2)[C@H](C)C1. The van der Waals surface area contributed by atoms with Gasteiger partial charge in [-0.15, -0.1) is 0 Å². The average molecular weight is 342 g/mol. The first-order valence-electron chi connectivity index (χ1n) is 8.88. The number of nitrogens with one attached hydrogen (secondary N) is 1. The van der Waals surface area contributed by atoms with Gasteiger partial charge in [-0.2, -0.15) is 5.10 Å². The van der Waals surface area contributed by atoms with Crippen molar-refractivity contribution in [3.63, 3.8) is 0 Å². The van der Waals surface area contributed by atoms with Gasteiger partial charge in [-0.25, -0.2) is 0 Å². The molecule has 1 aromatic heterocycles. The lowest BCUT2D eigenvalue weighted by molar-refractivity contribution is -0.135. The molecule has 1 aliphatic heterocycles. The zero-order valence-electron chi connectivity index (χ0n) is 14.9. The summed E-state index contributed by atoms with van der Waals surface area (Å²) in [5, 5.41) is 6.77. The lowest BCUT2D eigenvalue weighted by atomic mass is 10.1. The molecule has 0 unspecified atom stereocenters. The summed E-state index contributed by atoms with van der Waals surface area (Å²) in [6.07, 6.45) is 2.07. The molecule has 134 valence electrons. The molecule has 2 aromatic rings. The predicted molar refractivity (Wildman–Crippen MR) is 96.4 cm³/mol. The highest BCUT2D eigenvalue weighted by Gasteiger charge is 2.27. The zero-order chi connectivity index (χ0) is 17.6. The molecule has 0 aliphatic carbocycles. The van der Waals surface area contributed by atoms with E-state index in [9.17, 15) is 4.79 Å². The number of ether oxygens (including phenoxy) is 1. The lowest BCUT2D eigenvalue weighted by Crippen LogP contribution is -2.54. The number of para-hydroxylation sites is 1. The van der Waals surface area contributed by atoms with Gasteiger partial charge in [-0.3, -0.25) is 14.8 Å². The molecule has 1 fully saturated rings. The number of H-pyrrole nitrogens is 1. The number of carbonyl (C=O) groups excluding carboxylic acids is 1. The van der Waals surface area contributed by atoms with Crippen LogP contribution in [0.5, 0.6) is 5.75 Å². The quantitative estimate of drug-likeness (QED) is 0.873. The van der Waals surface area contributed by atoms with Crippen LogP contribution in [0.4, 0.5) is 0 Å². The fraction of sp³-hybridized carbons (Fsp3) is 0.474. The van der Waals surface area contributed by atoms with Gasteiger partial charge in [0.15, 0.2) is 0 Å². The van der Waals surface area contributed by atoms with Gasteiger partial charge in [0.1, 0.15) is 5.75 Å². The third kappa shape index (κ3) is 4.39. The molecule has 25 heavy (non-hydrogen) atoms. The second-order valence-corrected chi connectivity index (χ2v) is 6.47. The first-order valence-corrected chi connectivity index (χ1v) is 8.88. The maximum Gasteiger partial charge on any atom is 0.228 e. The number of piperazine rings is 1. The zero-order valence-corrected chi connectivity index (χ0v) is 14.9. The number of rotatable bonds is 6. The number of nitrogens with zero attached hydrogens (tertiary/aromatic N) is 3. The first-order chi connectivity index (χ1) is 12.2. The molecule has 1 aromatic carbocycles. The number of hydrogen-bond acceptors (Lipinski definition) is 4. The number of aromatic amines is 1. The molecule has 1 saturated heterocycles. The minimum atomic E-state index is 0.158. The summed E-state index contributed by atoms with van der Waals surface area (Å²) in [5.74, 6) is 1.11. The Labute approximate surface area is 148 Å². The molecule has 0 spiro atoms. The molecule has 1 amide bonds. The van der Waals surface area contributed by atoms with E-state index in [-0.39, 0.29) is 11.9 Å². The van der Waals surface area contributed by atoms with Gasteiger partial charge in [-0.1, -0.05) is 18.2 Å². The molecule has 1 N–H and O–H groups in total. The van der Waals surface area contributed by atoms with E-state index >= 15 is 0 Å². The molecule has 0 saturated carbocycles. The highest BCUT2D eigenvalue weighted by molar-refractivity contribution is 5.78. The molecule has 6 nitrogen and oxygen atoms in total. The van der Waals surface area contributed by atoms with Crippen LogP contribution in [-0.4, -0.2) is 58.2 Å². The van der Waals surface area contributed by atoms with Crippen LogP contribution >= 0.6 is 0 Å². The van der Waals surface area contributed by atoms with Gasteiger partial charge in [0.25, 0.3) is 0 Å². The highest BCUT2D eigenvalue weighted by Crippen LogP contribution is 2.21. The van der Waals surface area contributed by atoms with E-state index in [0.29, 0.717) is 13.0 Å². The van der Waals surface area contributed by atoms with Crippen molar-refractivity contribution in [2.45, 2.75) is 32.9 Å². The van der Waals surface area contributed by atoms with Crippen molar-refractivity contribution in [2.24, 2.45) is 0 Å². The Balaban J connectivity index is 1.57. The standard InChI is InChI=1S/C19H26N4O2/c1-3-25-18-7-5-4-6-16(18)14-22-10-11-23(15(2)13-22)19(24)12-17-8-9-20-21-17/h4-9,15H,3,10-14H2,1-2H3,(H,20,21)/t15-/m1/s1. The van der Waals surface area contributed by atoms with Crippen LogP contribution in [-0.2, 0) is 17.8 Å². The molecule has 0 radical (unpaired) electrons. The van der Waals surface area contributed by atoms with Crippen LogP contribution in [0.3, 0.4) is 0 Å². The summed E-state index contributed by atoms with van der Waals surface area (Å²) in [4.78, 5) is 16.9. The van der Waals surface area contributed by atoms with Crippen LogP contribution in [0.15, 0.2) is 36.5 Å². The summed E-state index contributed by atoms with van der Waals surface area (Å²) in [5.41, 5.74) is 2.07. The summed E-state index contributed by atoms with van der Waals surface area (Å²) >= 11 is 0. The fourth-order valence-corrected chi connectivity index (χ4v) is 3.37. The average Bonchev–Trinajstić information content (AvgIpc) is 3.10. The topological polar surface area (TPSA) is 61.5 Å². The Morgan fingerprint density at radius 1 is 1.32 bits per heavy atom. The monoisotopic (exact) mass is 342 g/mol. The van der Waals surface area contributed by atoms with Crippen LogP contribution in [0, 0.1) is 0 Å². The van der Waals surface area contributed by atoms with Crippen LogP contribution in [0.2, 0.25) is 0 Å². The Hall–Kier alpha value is -2.34. The van der Waals surface area contributed by atoms with Crippen molar-refractivity contribution in [3.05, 3.63) is 47.8 Å². The Morgan fingerprint density at radius 3 is 2.88 bits per heavy atom. The van der Waals surface area contributed by atoms with Crippen molar-refractivity contribution in [2.75, 3.05) is 26.2 Å². The van der Waals surface area contributed by atoms with Gasteiger partial charge >= 0.3 is 0 Å². The van der Waals surface area contributed by atoms with E-state index in [1.54, 1.807) is 6.20 Å². The molecule has 6 heteroatoms. The predicted octanol–water partition coefficient (Wildman–Crippen LogP) is 2.08. The van der Waals surface area contributed by atoms with Gasteiger partial charge in [-0.05, 0) is 26.0 Å². The summed E-state index contributed by atoms with van der Waals surface area (Å²) < 4.78 is 5.72. The maximum atomic E-state index is 12.5. The van der Waals surface area contributed by atoms with E-state index in [2.05, 4.69) is 28.1 Å². The molecular formula is C19H26N4O2. The van der Waals surface area contributed by atoms with Gasteiger partial charge in [0, 0.05) is 49.7 Å². The molecule has 3 rings (SSSR count). The van der Waals surface area contributed by atoms with Crippen LogP contribution < -0.4 is 4.74 Å². The molecule has 2 heterocycles. The number of benzene rings is 1. The molecular weight excluding hydrogens is 316 g/mol. The van der Waals surface area contributed by atoms with Crippen molar-refractivity contribution < 1.29 is 9.53 Å². The number of aromatic nitrogens is 2. The Bertz CT molecular complexity index is 686. The summed E-state index contributed by atoms with van der Waals surface area (Å²) in [7, 11) is 0. The van der Waals surface area contributed by atoms with Gasteiger partial charge < -0.3 is 9.64 Å². The van der Waals surface area contributed by atoms with E-state index in [1.807, 2.05) is 36.1 Å². The second-order valence-electron chi connectivity index (χ2n) is 6.47. The van der Waals surface area contributed by atoms with Crippen molar-refractivity contribution in [1.29, 1.82) is 0 Å². The van der Waals surface area contributed by atoms with Crippen LogP contribution in [0.25, 0.3) is 0 Å². The third-order valence-electron chi connectivity index (χ3n) is 4.60. The van der Waals surface area contributed by atoms with Crippen LogP contribution in [0.1, 0.15) is 25.1 Å².